The smallest absolute Gasteiger partial charge is 0.324 e. The Morgan fingerprint density at radius 1 is 1.62 bits per heavy atom. The lowest BCUT2D eigenvalue weighted by Gasteiger charge is -2.23. The van der Waals surface area contributed by atoms with Gasteiger partial charge in [-0.3, -0.25) is 14.9 Å². The van der Waals surface area contributed by atoms with Gasteiger partial charge in [-0.25, -0.2) is 0 Å². The fourth-order valence-corrected chi connectivity index (χ4v) is 1.63. The fraction of sp³-hybridized carbons (Fsp3) is 0.818. The monoisotopic (exact) mass is 228 g/mol. The van der Waals surface area contributed by atoms with Gasteiger partial charge in [0.25, 0.3) is 0 Å². The van der Waals surface area contributed by atoms with Crippen molar-refractivity contribution in [1.29, 1.82) is 0 Å². The van der Waals surface area contributed by atoms with Crippen LogP contribution in [0.1, 0.15) is 26.7 Å². The maximum atomic E-state index is 11.6. The number of carbonyl (C=O) groups excluding carboxylic acids is 2. The molecule has 1 heterocycles. The fourth-order valence-electron chi connectivity index (χ4n) is 1.63. The highest BCUT2D eigenvalue weighted by Crippen LogP contribution is 2.06. The molecule has 1 aliphatic heterocycles. The third-order valence-corrected chi connectivity index (χ3v) is 2.59. The highest BCUT2D eigenvalue weighted by molar-refractivity contribution is 5.83. The Kier molecular flexibility index (Phi) is 5.25. The number of ether oxygens (including phenoxy) is 1. The second-order valence-corrected chi connectivity index (χ2v) is 4.26. The maximum absolute atomic E-state index is 11.6. The second-order valence-electron chi connectivity index (χ2n) is 4.26. The summed E-state index contributed by atoms with van der Waals surface area (Å²) in [5.74, 6) is 0.0403. The van der Waals surface area contributed by atoms with Gasteiger partial charge in [-0.1, -0.05) is 20.3 Å². The van der Waals surface area contributed by atoms with Crippen molar-refractivity contribution >= 4 is 11.9 Å². The van der Waals surface area contributed by atoms with Crippen LogP contribution in [0.2, 0.25) is 0 Å². The molecule has 2 unspecified atom stereocenters. The summed E-state index contributed by atoms with van der Waals surface area (Å²) in [5.41, 5.74) is 0. The molecule has 0 aliphatic carbocycles. The van der Waals surface area contributed by atoms with Crippen LogP contribution in [0.15, 0.2) is 0 Å². The molecule has 16 heavy (non-hydrogen) atoms. The number of rotatable bonds is 5. The number of hydrogen-bond acceptors (Lipinski definition) is 4. The first-order valence-corrected chi connectivity index (χ1v) is 5.80. The Bertz CT molecular complexity index is 246. The minimum Gasteiger partial charge on any atom is -0.464 e. The van der Waals surface area contributed by atoms with Crippen molar-refractivity contribution in [3.05, 3.63) is 0 Å². The molecule has 1 rings (SSSR count). The first-order valence-electron chi connectivity index (χ1n) is 5.80. The molecule has 0 aromatic rings. The lowest BCUT2D eigenvalue weighted by Crippen LogP contribution is -2.55. The Balaban J connectivity index is 2.22. The number of nitrogens with one attached hydrogen (secondary N) is 2. The zero-order valence-electron chi connectivity index (χ0n) is 9.91. The minimum atomic E-state index is -0.397. The molecule has 1 amide bonds. The Labute approximate surface area is 95.9 Å². The summed E-state index contributed by atoms with van der Waals surface area (Å²) in [7, 11) is 0. The Morgan fingerprint density at radius 3 is 2.94 bits per heavy atom. The standard InChI is InChI=1S/C11H20N2O3/c1-3-4-8(2)7-16-11(15)9-5-13-10(14)6-12-9/h8-9,12H,3-7H2,1-2H3,(H,13,14). The van der Waals surface area contributed by atoms with Gasteiger partial charge in [-0.2, -0.15) is 0 Å². The molecular weight excluding hydrogens is 208 g/mol. The molecular formula is C11H20N2O3. The molecule has 0 saturated carbocycles. The van der Waals surface area contributed by atoms with Crippen molar-refractivity contribution in [2.75, 3.05) is 19.7 Å². The first kappa shape index (κ1) is 13.0. The Hall–Kier alpha value is -1.10. The summed E-state index contributed by atoms with van der Waals surface area (Å²) in [4.78, 5) is 22.4. The van der Waals surface area contributed by atoms with Gasteiger partial charge in [0.05, 0.1) is 13.2 Å². The van der Waals surface area contributed by atoms with E-state index in [2.05, 4.69) is 24.5 Å². The van der Waals surface area contributed by atoms with E-state index in [1.54, 1.807) is 0 Å². The van der Waals surface area contributed by atoms with Gasteiger partial charge < -0.3 is 10.1 Å². The van der Waals surface area contributed by atoms with Crippen LogP contribution in [-0.4, -0.2) is 37.6 Å². The van der Waals surface area contributed by atoms with Gasteiger partial charge in [-0.05, 0) is 12.3 Å². The summed E-state index contributed by atoms with van der Waals surface area (Å²) in [6, 6.07) is -0.397. The van der Waals surface area contributed by atoms with Gasteiger partial charge >= 0.3 is 5.97 Å². The average Bonchev–Trinajstić information content (AvgIpc) is 2.27. The van der Waals surface area contributed by atoms with Gasteiger partial charge in [0.1, 0.15) is 6.04 Å². The van der Waals surface area contributed by atoms with Crippen molar-refractivity contribution in [1.82, 2.24) is 10.6 Å². The molecule has 1 aliphatic rings. The molecule has 0 bridgehead atoms. The highest BCUT2D eigenvalue weighted by Gasteiger charge is 2.25. The van der Waals surface area contributed by atoms with Crippen LogP contribution in [-0.2, 0) is 14.3 Å². The van der Waals surface area contributed by atoms with E-state index >= 15 is 0 Å². The third-order valence-electron chi connectivity index (χ3n) is 2.59. The van der Waals surface area contributed by atoms with Crippen LogP contribution in [0.5, 0.6) is 0 Å². The predicted octanol–water partition coefficient (Wildman–Crippen LogP) is 0.0538. The van der Waals surface area contributed by atoms with Gasteiger partial charge in [0.2, 0.25) is 5.91 Å². The van der Waals surface area contributed by atoms with Crippen LogP contribution in [0.3, 0.4) is 0 Å². The number of amides is 1. The summed E-state index contributed by atoms with van der Waals surface area (Å²) < 4.78 is 5.18. The molecule has 1 fully saturated rings. The highest BCUT2D eigenvalue weighted by atomic mass is 16.5. The minimum absolute atomic E-state index is 0.0802. The summed E-state index contributed by atoms with van der Waals surface area (Å²) in [6.45, 7) is 5.13. The third kappa shape index (κ3) is 4.18. The van der Waals surface area contributed by atoms with E-state index in [0.717, 1.165) is 12.8 Å². The van der Waals surface area contributed by atoms with E-state index in [-0.39, 0.29) is 18.4 Å². The summed E-state index contributed by atoms with van der Waals surface area (Å²) in [6.07, 6.45) is 2.15. The van der Waals surface area contributed by atoms with Crippen LogP contribution < -0.4 is 10.6 Å². The van der Waals surface area contributed by atoms with Gasteiger partial charge in [0.15, 0.2) is 0 Å². The van der Waals surface area contributed by atoms with E-state index in [0.29, 0.717) is 19.1 Å². The van der Waals surface area contributed by atoms with Gasteiger partial charge in [-0.15, -0.1) is 0 Å². The van der Waals surface area contributed by atoms with Gasteiger partial charge in [0, 0.05) is 6.54 Å². The van der Waals surface area contributed by atoms with Crippen LogP contribution in [0.25, 0.3) is 0 Å². The molecule has 5 nitrogen and oxygen atoms in total. The van der Waals surface area contributed by atoms with Crippen LogP contribution >= 0.6 is 0 Å². The topological polar surface area (TPSA) is 67.4 Å². The lowest BCUT2D eigenvalue weighted by atomic mass is 10.1. The number of carbonyl (C=O) groups is 2. The van der Waals surface area contributed by atoms with Crippen molar-refractivity contribution in [2.45, 2.75) is 32.7 Å². The molecule has 2 N–H and O–H groups in total. The molecule has 92 valence electrons. The molecule has 1 saturated heterocycles. The molecule has 2 atom stereocenters. The SMILES string of the molecule is CCCC(C)COC(=O)C1CNC(=O)CN1. The largest absolute Gasteiger partial charge is 0.464 e. The van der Waals surface area contributed by atoms with E-state index in [1.807, 2.05) is 0 Å². The van der Waals surface area contributed by atoms with Crippen LogP contribution in [0.4, 0.5) is 0 Å². The molecule has 0 aromatic carbocycles. The van der Waals surface area contributed by atoms with E-state index in [4.69, 9.17) is 4.74 Å². The van der Waals surface area contributed by atoms with Crippen LogP contribution in [0, 0.1) is 5.92 Å². The van der Waals surface area contributed by atoms with Crippen molar-refractivity contribution < 1.29 is 14.3 Å². The van der Waals surface area contributed by atoms with Crippen molar-refractivity contribution in [3.63, 3.8) is 0 Å². The molecule has 0 spiro atoms. The average molecular weight is 228 g/mol. The zero-order chi connectivity index (χ0) is 12.0. The predicted molar refractivity (Wildman–Crippen MR) is 59.8 cm³/mol. The maximum Gasteiger partial charge on any atom is 0.324 e. The summed E-state index contributed by atoms with van der Waals surface area (Å²) in [5, 5.41) is 5.46. The normalized spacial score (nSPS) is 22.4. The first-order chi connectivity index (χ1) is 7.63. The lowest BCUT2D eigenvalue weighted by molar-refractivity contribution is -0.148. The number of hydrogen-bond donors (Lipinski definition) is 2. The second kappa shape index (κ2) is 6.48. The van der Waals surface area contributed by atoms with E-state index in [9.17, 15) is 9.59 Å². The Morgan fingerprint density at radius 2 is 2.38 bits per heavy atom. The van der Waals surface area contributed by atoms with E-state index in [1.165, 1.54) is 0 Å². The summed E-state index contributed by atoms with van der Waals surface area (Å²) >= 11 is 0. The van der Waals surface area contributed by atoms with Crippen molar-refractivity contribution in [2.24, 2.45) is 5.92 Å². The zero-order valence-corrected chi connectivity index (χ0v) is 9.91. The number of esters is 1. The molecule has 0 radical (unpaired) electrons. The van der Waals surface area contributed by atoms with Crippen molar-refractivity contribution in [3.8, 4) is 0 Å². The quantitative estimate of drug-likeness (QED) is 0.653. The molecule has 5 heteroatoms. The number of piperazine rings is 1. The molecule has 0 aromatic heterocycles. The van der Waals surface area contributed by atoms with E-state index < -0.39 is 6.04 Å².